The van der Waals surface area contributed by atoms with Gasteiger partial charge in [-0.25, -0.2) is 0 Å². The highest BCUT2D eigenvalue weighted by atomic mass is 79.9. The van der Waals surface area contributed by atoms with Crippen molar-refractivity contribution in [2.45, 2.75) is 19.9 Å². The molecule has 0 aliphatic rings. The molecule has 28 heavy (non-hydrogen) atoms. The Kier molecular flexibility index (Phi) is 6.05. The van der Waals surface area contributed by atoms with E-state index < -0.39 is 4.92 Å². The van der Waals surface area contributed by atoms with Crippen molar-refractivity contribution in [1.29, 1.82) is 0 Å². The Morgan fingerprint density at radius 3 is 2.79 bits per heavy atom. The van der Waals surface area contributed by atoms with E-state index in [4.69, 9.17) is 4.74 Å². The molecular formula is C19H17BrN4O4. The average Bonchev–Trinajstić information content (AvgIpc) is 3.05. The zero-order chi connectivity index (χ0) is 20.1. The fourth-order valence-electron chi connectivity index (χ4n) is 2.53. The maximum atomic E-state index is 12.2. The predicted octanol–water partition coefficient (Wildman–Crippen LogP) is 4.68. The van der Waals surface area contributed by atoms with Crippen molar-refractivity contribution in [3.63, 3.8) is 0 Å². The summed E-state index contributed by atoms with van der Waals surface area (Å²) in [5.74, 6) is 0.543. The number of anilines is 1. The number of non-ortho nitro benzene ring substituents is 1. The summed E-state index contributed by atoms with van der Waals surface area (Å²) in [6, 6.07) is 11.5. The molecule has 1 aromatic heterocycles. The van der Waals surface area contributed by atoms with Gasteiger partial charge in [-0.3, -0.25) is 19.6 Å². The Balaban J connectivity index is 1.73. The topological polar surface area (TPSA) is 99.3 Å². The van der Waals surface area contributed by atoms with Crippen molar-refractivity contribution in [2.75, 3.05) is 5.32 Å². The van der Waals surface area contributed by atoms with Crippen LogP contribution in [-0.2, 0) is 11.3 Å². The number of carbonyl (C=O) groups excluding carboxylic acids is 1. The van der Waals surface area contributed by atoms with Crippen LogP contribution in [0.2, 0.25) is 0 Å². The molecule has 0 unspecified atom stereocenters. The van der Waals surface area contributed by atoms with E-state index in [2.05, 4.69) is 26.3 Å². The number of aryl methyl sites for hydroxylation is 2. The number of nitrogens with zero attached hydrogens (tertiary/aromatic N) is 3. The normalized spacial score (nSPS) is 10.5. The molecule has 1 amide bonds. The van der Waals surface area contributed by atoms with Gasteiger partial charge in [-0.15, -0.1) is 0 Å². The van der Waals surface area contributed by atoms with Crippen molar-refractivity contribution in [3.05, 3.63) is 75.0 Å². The third-order valence-corrected chi connectivity index (χ3v) is 4.19. The lowest BCUT2D eigenvalue weighted by atomic mass is 10.2. The summed E-state index contributed by atoms with van der Waals surface area (Å²) in [4.78, 5) is 22.9. The Morgan fingerprint density at radius 1 is 1.29 bits per heavy atom. The molecule has 9 heteroatoms. The summed E-state index contributed by atoms with van der Waals surface area (Å²) in [7, 11) is 0. The standard InChI is InChI=1S/C19H17BrN4O4/c1-13-3-2-4-17(7-13)28-18-9-15(8-16(10-18)24(26)27)22-19(25)5-6-23-12-14(20)11-21-23/h2-4,7-12H,5-6H2,1H3,(H,22,25). The number of amides is 1. The molecule has 1 heterocycles. The van der Waals surface area contributed by atoms with E-state index in [0.717, 1.165) is 10.0 Å². The van der Waals surface area contributed by atoms with Gasteiger partial charge in [0, 0.05) is 31.3 Å². The minimum atomic E-state index is -0.528. The predicted molar refractivity (Wildman–Crippen MR) is 108 cm³/mol. The summed E-state index contributed by atoms with van der Waals surface area (Å²) in [6.07, 6.45) is 3.56. The number of nitrogens with one attached hydrogen (secondary N) is 1. The maximum absolute atomic E-state index is 12.2. The molecule has 1 N–H and O–H groups in total. The van der Waals surface area contributed by atoms with Gasteiger partial charge >= 0.3 is 0 Å². The molecule has 3 rings (SSSR count). The SMILES string of the molecule is Cc1cccc(Oc2cc(NC(=O)CCn3cc(Br)cn3)cc([N+](=O)[O-])c2)c1. The Hall–Kier alpha value is -3.20. The van der Waals surface area contributed by atoms with Crippen LogP contribution < -0.4 is 10.1 Å². The molecule has 0 fully saturated rings. The lowest BCUT2D eigenvalue weighted by Gasteiger charge is -2.10. The summed E-state index contributed by atoms with van der Waals surface area (Å²) >= 11 is 3.29. The number of aromatic nitrogens is 2. The largest absolute Gasteiger partial charge is 0.457 e. The van der Waals surface area contributed by atoms with Crippen LogP contribution in [-0.4, -0.2) is 20.6 Å². The van der Waals surface area contributed by atoms with Gasteiger partial charge < -0.3 is 10.1 Å². The zero-order valence-electron chi connectivity index (χ0n) is 15.0. The van der Waals surface area contributed by atoms with E-state index in [1.807, 2.05) is 25.1 Å². The van der Waals surface area contributed by atoms with E-state index >= 15 is 0 Å². The lowest BCUT2D eigenvalue weighted by Crippen LogP contribution is -2.14. The van der Waals surface area contributed by atoms with Crippen LogP contribution in [0.3, 0.4) is 0 Å². The number of hydrogen-bond acceptors (Lipinski definition) is 5. The lowest BCUT2D eigenvalue weighted by molar-refractivity contribution is -0.384. The number of halogens is 1. The van der Waals surface area contributed by atoms with Gasteiger partial charge in [-0.05, 0) is 40.5 Å². The van der Waals surface area contributed by atoms with Crippen LogP contribution >= 0.6 is 15.9 Å². The summed E-state index contributed by atoms with van der Waals surface area (Å²) < 4.78 is 8.18. The molecule has 8 nitrogen and oxygen atoms in total. The number of ether oxygens (including phenoxy) is 1. The monoisotopic (exact) mass is 444 g/mol. The minimum Gasteiger partial charge on any atom is -0.457 e. The minimum absolute atomic E-state index is 0.170. The molecule has 0 saturated heterocycles. The second kappa shape index (κ2) is 8.66. The molecule has 3 aromatic rings. The van der Waals surface area contributed by atoms with Gasteiger partial charge in [0.25, 0.3) is 5.69 Å². The van der Waals surface area contributed by atoms with Crippen molar-refractivity contribution in [3.8, 4) is 11.5 Å². The quantitative estimate of drug-likeness (QED) is 0.421. The average molecular weight is 445 g/mol. The fraction of sp³-hybridized carbons (Fsp3) is 0.158. The first-order valence-electron chi connectivity index (χ1n) is 8.41. The van der Waals surface area contributed by atoms with Crippen LogP contribution in [0.5, 0.6) is 11.5 Å². The van der Waals surface area contributed by atoms with Crippen LogP contribution in [0.25, 0.3) is 0 Å². The molecular weight excluding hydrogens is 428 g/mol. The van der Waals surface area contributed by atoms with E-state index in [1.54, 1.807) is 29.2 Å². The van der Waals surface area contributed by atoms with Gasteiger partial charge in [0.05, 0.1) is 27.3 Å². The fourth-order valence-corrected chi connectivity index (χ4v) is 2.86. The van der Waals surface area contributed by atoms with Gasteiger partial charge in [0.15, 0.2) is 0 Å². The zero-order valence-corrected chi connectivity index (χ0v) is 16.5. The van der Waals surface area contributed by atoms with Gasteiger partial charge in [0.2, 0.25) is 5.91 Å². The Bertz CT molecular complexity index is 1020. The highest BCUT2D eigenvalue weighted by Gasteiger charge is 2.13. The third-order valence-electron chi connectivity index (χ3n) is 3.78. The van der Waals surface area contributed by atoms with E-state index in [0.29, 0.717) is 18.0 Å². The van der Waals surface area contributed by atoms with E-state index in [9.17, 15) is 14.9 Å². The number of hydrogen-bond donors (Lipinski definition) is 1. The van der Waals surface area contributed by atoms with Crippen LogP contribution in [0.1, 0.15) is 12.0 Å². The molecule has 0 saturated carbocycles. The third kappa shape index (κ3) is 5.40. The molecule has 0 aliphatic carbocycles. The Morgan fingerprint density at radius 2 is 2.11 bits per heavy atom. The summed E-state index contributed by atoms with van der Waals surface area (Å²) in [5, 5.41) is 18.0. The summed E-state index contributed by atoms with van der Waals surface area (Å²) in [5.41, 5.74) is 1.13. The van der Waals surface area contributed by atoms with Crippen molar-refractivity contribution in [2.24, 2.45) is 0 Å². The van der Waals surface area contributed by atoms with Crippen molar-refractivity contribution >= 4 is 33.2 Å². The second-order valence-electron chi connectivity index (χ2n) is 6.11. The smallest absolute Gasteiger partial charge is 0.275 e. The molecule has 0 spiro atoms. The molecule has 2 aromatic carbocycles. The number of nitro benzene ring substituents is 1. The molecule has 0 atom stereocenters. The first-order valence-corrected chi connectivity index (χ1v) is 9.20. The summed E-state index contributed by atoms with van der Waals surface area (Å²) in [6.45, 7) is 2.31. The van der Waals surface area contributed by atoms with Crippen molar-refractivity contribution < 1.29 is 14.5 Å². The van der Waals surface area contributed by atoms with Crippen LogP contribution in [0.15, 0.2) is 59.3 Å². The highest BCUT2D eigenvalue weighted by Crippen LogP contribution is 2.30. The Labute approximate surface area is 169 Å². The number of carbonyl (C=O) groups is 1. The first kappa shape index (κ1) is 19.6. The van der Waals surface area contributed by atoms with Gasteiger partial charge in [-0.2, -0.15) is 5.10 Å². The number of nitro groups is 1. The maximum Gasteiger partial charge on any atom is 0.275 e. The highest BCUT2D eigenvalue weighted by molar-refractivity contribution is 9.10. The van der Waals surface area contributed by atoms with Crippen LogP contribution in [0.4, 0.5) is 11.4 Å². The van der Waals surface area contributed by atoms with Crippen LogP contribution in [0, 0.1) is 17.0 Å². The van der Waals surface area contributed by atoms with Crippen molar-refractivity contribution in [1.82, 2.24) is 9.78 Å². The number of benzene rings is 2. The molecule has 144 valence electrons. The van der Waals surface area contributed by atoms with Gasteiger partial charge in [0.1, 0.15) is 11.5 Å². The molecule has 0 aliphatic heterocycles. The first-order chi connectivity index (χ1) is 13.4. The van der Waals surface area contributed by atoms with E-state index in [1.165, 1.54) is 12.1 Å². The number of rotatable bonds is 7. The van der Waals surface area contributed by atoms with E-state index in [-0.39, 0.29) is 23.8 Å². The second-order valence-corrected chi connectivity index (χ2v) is 7.03. The molecule has 0 bridgehead atoms. The molecule has 0 radical (unpaired) electrons. The van der Waals surface area contributed by atoms with Gasteiger partial charge in [-0.1, -0.05) is 12.1 Å².